The first kappa shape index (κ1) is 10.6. The Morgan fingerprint density at radius 1 is 1.53 bits per heavy atom. The molecule has 0 aromatic heterocycles. The van der Waals surface area contributed by atoms with Gasteiger partial charge in [-0.15, -0.1) is 0 Å². The quantitative estimate of drug-likeness (QED) is 0.844. The van der Waals surface area contributed by atoms with E-state index in [1.807, 2.05) is 13.0 Å². The Hall–Kier alpha value is -0.930. The lowest BCUT2D eigenvalue weighted by atomic mass is 9.96. The van der Waals surface area contributed by atoms with Gasteiger partial charge in [0.2, 0.25) is 6.79 Å². The van der Waals surface area contributed by atoms with Crippen LogP contribution >= 0.6 is 11.6 Å². The fourth-order valence-corrected chi connectivity index (χ4v) is 2.34. The average molecular weight is 228 g/mol. The molecule has 1 atom stereocenters. The molecule has 1 heterocycles. The van der Waals surface area contributed by atoms with E-state index in [2.05, 4.69) is 6.92 Å². The van der Waals surface area contributed by atoms with E-state index >= 15 is 0 Å². The summed E-state index contributed by atoms with van der Waals surface area (Å²) >= 11 is 6.27. The van der Waals surface area contributed by atoms with Crippen LogP contribution in [0.4, 0.5) is 0 Å². The van der Waals surface area contributed by atoms with Crippen molar-refractivity contribution >= 4 is 11.6 Å². The highest BCUT2D eigenvalue weighted by Crippen LogP contribution is 2.44. The molecule has 4 heteroatoms. The van der Waals surface area contributed by atoms with Gasteiger partial charge >= 0.3 is 0 Å². The third kappa shape index (κ3) is 1.66. The predicted octanol–water partition coefficient (Wildman–Crippen LogP) is 2.44. The van der Waals surface area contributed by atoms with Crippen LogP contribution < -0.4 is 15.2 Å². The second-order valence-electron chi connectivity index (χ2n) is 3.79. The molecule has 0 aliphatic carbocycles. The van der Waals surface area contributed by atoms with Crippen LogP contribution in [0.2, 0.25) is 5.02 Å². The Kier molecular flexibility index (Phi) is 2.76. The summed E-state index contributed by atoms with van der Waals surface area (Å²) in [7, 11) is 0. The second kappa shape index (κ2) is 3.91. The van der Waals surface area contributed by atoms with Crippen molar-refractivity contribution in [2.75, 3.05) is 13.3 Å². The molecule has 15 heavy (non-hydrogen) atoms. The molecule has 1 unspecified atom stereocenters. The molecule has 0 amide bonds. The van der Waals surface area contributed by atoms with Crippen molar-refractivity contribution in [2.24, 2.45) is 5.73 Å². The maximum Gasteiger partial charge on any atom is 0.231 e. The number of hydrogen-bond acceptors (Lipinski definition) is 3. The van der Waals surface area contributed by atoms with Crippen molar-refractivity contribution in [1.82, 2.24) is 0 Å². The number of rotatable bonds is 2. The standard InChI is InChI=1S/C11H14ClNO2/c1-6-3-8-11(15-5-14-8)10(12)9(6)7(2)4-13/h3,7H,4-5,13H2,1-2H3. The Morgan fingerprint density at radius 2 is 2.27 bits per heavy atom. The van der Waals surface area contributed by atoms with Gasteiger partial charge in [0, 0.05) is 0 Å². The summed E-state index contributed by atoms with van der Waals surface area (Å²) in [6.45, 7) is 4.88. The van der Waals surface area contributed by atoms with Crippen molar-refractivity contribution in [1.29, 1.82) is 0 Å². The van der Waals surface area contributed by atoms with Gasteiger partial charge in [0.25, 0.3) is 0 Å². The summed E-state index contributed by atoms with van der Waals surface area (Å²) in [6, 6.07) is 1.95. The van der Waals surface area contributed by atoms with E-state index in [-0.39, 0.29) is 12.7 Å². The molecule has 0 bridgehead atoms. The Balaban J connectivity index is 2.56. The summed E-state index contributed by atoms with van der Waals surface area (Å²) < 4.78 is 10.6. The molecule has 0 saturated heterocycles. The largest absolute Gasteiger partial charge is 0.454 e. The molecule has 0 spiro atoms. The minimum absolute atomic E-state index is 0.229. The van der Waals surface area contributed by atoms with Crippen molar-refractivity contribution in [2.45, 2.75) is 19.8 Å². The van der Waals surface area contributed by atoms with Gasteiger partial charge in [-0.05, 0) is 36.6 Å². The second-order valence-corrected chi connectivity index (χ2v) is 4.17. The first-order valence-corrected chi connectivity index (χ1v) is 5.31. The molecular formula is C11H14ClNO2. The van der Waals surface area contributed by atoms with Gasteiger partial charge in [-0.25, -0.2) is 0 Å². The zero-order valence-corrected chi connectivity index (χ0v) is 9.60. The van der Waals surface area contributed by atoms with Crippen LogP contribution in [0.1, 0.15) is 24.0 Å². The smallest absolute Gasteiger partial charge is 0.231 e. The van der Waals surface area contributed by atoms with E-state index in [0.717, 1.165) is 16.9 Å². The summed E-state index contributed by atoms with van der Waals surface area (Å²) in [6.07, 6.45) is 0. The Morgan fingerprint density at radius 3 is 2.93 bits per heavy atom. The maximum atomic E-state index is 6.27. The van der Waals surface area contributed by atoms with E-state index in [9.17, 15) is 0 Å². The van der Waals surface area contributed by atoms with Crippen LogP contribution in [0, 0.1) is 6.92 Å². The molecule has 1 aliphatic rings. The first-order valence-electron chi connectivity index (χ1n) is 4.93. The molecule has 0 radical (unpaired) electrons. The van der Waals surface area contributed by atoms with Crippen molar-refractivity contribution in [3.63, 3.8) is 0 Å². The molecule has 1 aliphatic heterocycles. The first-order chi connectivity index (χ1) is 7.15. The number of ether oxygens (including phenoxy) is 2. The lowest BCUT2D eigenvalue weighted by Crippen LogP contribution is -2.10. The van der Waals surface area contributed by atoms with Crippen LogP contribution in [0.5, 0.6) is 11.5 Å². The summed E-state index contributed by atoms with van der Waals surface area (Å²) in [5.41, 5.74) is 7.81. The molecule has 0 fully saturated rings. The van der Waals surface area contributed by atoms with Gasteiger partial charge in [0.1, 0.15) is 0 Å². The van der Waals surface area contributed by atoms with Crippen LogP contribution in [-0.2, 0) is 0 Å². The average Bonchev–Trinajstić information content (AvgIpc) is 2.65. The number of halogens is 1. The van der Waals surface area contributed by atoms with Crippen LogP contribution in [0.15, 0.2) is 6.07 Å². The number of benzene rings is 1. The van der Waals surface area contributed by atoms with E-state index in [4.69, 9.17) is 26.8 Å². The molecule has 0 saturated carbocycles. The number of aryl methyl sites for hydroxylation is 1. The van der Waals surface area contributed by atoms with Crippen LogP contribution in [-0.4, -0.2) is 13.3 Å². The summed E-state index contributed by atoms with van der Waals surface area (Å²) in [5, 5.41) is 0.639. The van der Waals surface area contributed by atoms with E-state index in [1.54, 1.807) is 0 Å². The van der Waals surface area contributed by atoms with Crippen molar-refractivity contribution in [3.8, 4) is 11.5 Å². The third-order valence-electron chi connectivity index (χ3n) is 2.70. The molecular weight excluding hydrogens is 214 g/mol. The van der Waals surface area contributed by atoms with E-state index in [0.29, 0.717) is 17.3 Å². The highest BCUT2D eigenvalue weighted by Gasteiger charge is 2.23. The predicted molar refractivity (Wildman–Crippen MR) is 59.8 cm³/mol. The topological polar surface area (TPSA) is 44.5 Å². The fraction of sp³-hybridized carbons (Fsp3) is 0.455. The van der Waals surface area contributed by atoms with Gasteiger partial charge in [-0.2, -0.15) is 0 Å². The SMILES string of the molecule is Cc1cc2c(c(Cl)c1C(C)CN)OCO2. The van der Waals surface area contributed by atoms with Gasteiger partial charge in [0.05, 0.1) is 5.02 Å². The van der Waals surface area contributed by atoms with Crippen molar-refractivity contribution < 1.29 is 9.47 Å². The van der Waals surface area contributed by atoms with Gasteiger partial charge in [0.15, 0.2) is 11.5 Å². The van der Waals surface area contributed by atoms with E-state index < -0.39 is 0 Å². The molecule has 3 nitrogen and oxygen atoms in total. The van der Waals surface area contributed by atoms with Crippen LogP contribution in [0.25, 0.3) is 0 Å². The van der Waals surface area contributed by atoms with Crippen molar-refractivity contribution in [3.05, 3.63) is 22.2 Å². The Labute approximate surface area is 94.1 Å². The number of hydrogen-bond donors (Lipinski definition) is 1. The molecule has 1 aromatic carbocycles. The number of fused-ring (bicyclic) bond motifs is 1. The van der Waals surface area contributed by atoms with Gasteiger partial charge in [-0.3, -0.25) is 0 Å². The molecule has 2 N–H and O–H groups in total. The highest BCUT2D eigenvalue weighted by molar-refractivity contribution is 6.33. The normalized spacial score (nSPS) is 15.5. The zero-order chi connectivity index (χ0) is 11.0. The van der Waals surface area contributed by atoms with Gasteiger partial charge < -0.3 is 15.2 Å². The lowest BCUT2D eigenvalue weighted by molar-refractivity contribution is 0.174. The zero-order valence-electron chi connectivity index (χ0n) is 8.84. The monoisotopic (exact) mass is 227 g/mol. The highest BCUT2D eigenvalue weighted by atomic mass is 35.5. The van der Waals surface area contributed by atoms with Gasteiger partial charge in [-0.1, -0.05) is 18.5 Å². The maximum absolute atomic E-state index is 6.27. The number of nitrogens with two attached hydrogens (primary N) is 1. The third-order valence-corrected chi connectivity index (χ3v) is 3.07. The minimum atomic E-state index is 0.229. The fourth-order valence-electron chi connectivity index (χ4n) is 1.86. The molecule has 2 rings (SSSR count). The molecule has 1 aromatic rings. The summed E-state index contributed by atoms with van der Waals surface area (Å²) in [5.74, 6) is 1.61. The van der Waals surface area contributed by atoms with E-state index in [1.165, 1.54) is 0 Å². The summed E-state index contributed by atoms with van der Waals surface area (Å²) in [4.78, 5) is 0. The Bertz CT molecular complexity index is 393. The molecule has 82 valence electrons. The minimum Gasteiger partial charge on any atom is -0.454 e. The lowest BCUT2D eigenvalue weighted by Gasteiger charge is -2.15. The van der Waals surface area contributed by atoms with Crippen LogP contribution in [0.3, 0.4) is 0 Å².